The molecule has 8 nitrogen and oxygen atoms in total. The van der Waals surface area contributed by atoms with E-state index >= 15 is 0 Å². The number of nitrogens with zero attached hydrogens (tertiary/aromatic N) is 3. The van der Waals surface area contributed by atoms with E-state index in [1.54, 1.807) is 4.90 Å². The lowest BCUT2D eigenvalue weighted by Crippen LogP contribution is -2.46. The Hall–Kier alpha value is -2.38. The van der Waals surface area contributed by atoms with E-state index < -0.39 is 0 Å². The number of carbonyl (C=O) groups is 3. The number of hydrogen-bond acceptors (Lipinski definition) is 5. The number of piperidine rings is 1. The van der Waals surface area contributed by atoms with Gasteiger partial charge >= 0.3 is 0 Å². The average Bonchev–Trinajstić information content (AvgIpc) is 3.30. The van der Waals surface area contributed by atoms with E-state index in [-0.39, 0.29) is 23.6 Å². The smallest absolute Gasteiger partial charge is 0.225 e. The molecule has 0 radical (unpaired) electrons. The van der Waals surface area contributed by atoms with E-state index in [1.807, 2.05) is 11.0 Å². The van der Waals surface area contributed by atoms with Gasteiger partial charge in [0.15, 0.2) is 5.76 Å². The second-order valence-corrected chi connectivity index (χ2v) is 7.67. The third kappa shape index (κ3) is 5.33. The van der Waals surface area contributed by atoms with Crippen LogP contribution in [0, 0.1) is 5.92 Å². The first kappa shape index (κ1) is 20.4. The molecule has 3 amide bonds. The van der Waals surface area contributed by atoms with Gasteiger partial charge in [-0.3, -0.25) is 14.4 Å². The zero-order chi connectivity index (χ0) is 19.9. The maximum Gasteiger partial charge on any atom is 0.225 e. The van der Waals surface area contributed by atoms with Gasteiger partial charge in [0.1, 0.15) is 0 Å². The lowest BCUT2D eigenvalue weighted by molar-refractivity contribution is -0.138. The van der Waals surface area contributed by atoms with Gasteiger partial charge < -0.3 is 19.6 Å². The van der Waals surface area contributed by atoms with E-state index in [0.29, 0.717) is 51.2 Å². The molecule has 2 aliphatic heterocycles. The molecular weight excluding hydrogens is 360 g/mol. The molecule has 2 aliphatic rings. The van der Waals surface area contributed by atoms with Crippen molar-refractivity contribution >= 4 is 17.7 Å². The SMILES string of the molecule is CCCc1cc(CNC(=O)C2CCC(=O)N(CCCN3CCCC3=O)C2)on1. The van der Waals surface area contributed by atoms with E-state index in [1.165, 1.54) is 0 Å². The molecule has 154 valence electrons. The Kier molecular flexibility index (Phi) is 7.06. The van der Waals surface area contributed by atoms with Crippen LogP contribution in [-0.4, -0.2) is 58.9 Å². The molecule has 2 saturated heterocycles. The fraction of sp³-hybridized carbons (Fsp3) is 0.700. The van der Waals surface area contributed by atoms with Crippen LogP contribution >= 0.6 is 0 Å². The Morgan fingerprint density at radius 2 is 2.04 bits per heavy atom. The minimum atomic E-state index is -0.204. The molecule has 8 heteroatoms. The standard InChI is InChI=1S/C20H30N4O4/c1-2-5-16-12-17(28-22-16)13-21-20(27)15-7-8-19(26)24(14-15)11-4-10-23-9-3-6-18(23)25/h12,15H,2-11,13-14H2,1H3,(H,21,27). The predicted molar refractivity (Wildman–Crippen MR) is 102 cm³/mol. The highest BCUT2D eigenvalue weighted by Crippen LogP contribution is 2.19. The van der Waals surface area contributed by atoms with Crippen LogP contribution in [0.5, 0.6) is 0 Å². The second kappa shape index (κ2) is 9.71. The first-order valence-electron chi connectivity index (χ1n) is 10.3. The number of amides is 3. The van der Waals surface area contributed by atoms with Gasteiger partial charge in [-0.25, -0.2) is 0 Å². The fourth-order valence-electron chi connectivity index (χ4n) is 3.87. The van der Waals surface area contributed by atoms with Crippen LogP contribution in [0.4, 0.5) is 0 Å². The number of carbonyl (C=O) groups excluding carboxylic acids is 3. The van der Waals surface area contributed by atoms with Crippen LogP contribution in [0.15, 0.2) is 10.6 Å². The zero-order valence-corrected chi connectivity index (χ0v) is 16.6. The van der Waals surface area contributed by atoms with Gasteiger partial charge in [-0.2, -0.15) is 0 Å². The fourth-order valence-corrected chi connectivity index (χ4v) is 3.87. The first-order valence-corrected chi connectivity index (χ1v) is 10.3. The highest BCUT2D eigenvalue weighted by atomic mass is 16.5. The maximum absolute atomic E-state index is 12.5. The monoisotopic (exact) mass is 390 g/mol. The lowest BCUT2D eigenvalue weighted by Gasteiger charge is -2.32. The van der Waals surface area contributed by atoms with Crippen molar-refractivity contribution in [2.75, 3.05) is 26.2 Å². The second-order valence-electron chi connectivity index (χ2n) is 7.67. The van der Waals surface area contributed by atoms with Crippen molar-refractivity contribution < 1.29 is 18.9 Å². The molecule has 3 heterocycles. The molecule has 1 aromatic rings. The summed E-state index contributed by atoms with van der Waals surface area (Å²) in [4.78, 5) is 40.0. The molecule has 0 bridgehead atoms. The van der Waals surface area contributed by atoms with Gasteiger partial charge in [-0.15, -0.1) is 0 Å². The van der Waals surface area contributed by atoms with Crippen molar-refractivity contribution in [3.63, 3.8) is 0 Å². The third-order valence-corrected chi connectivity index (χ3v) is 5.45. The van der Waals surface area contributed by atoms with Gasteiger partial charge in [0.05, 0.1) is 18.2 Å². The summed E-state index contributed by atoms with van der Waals surface area (Å²) in [7, 11) is 0. The summed E-state index contributed by atoms with van der Waals surface area (Å²) in [6.45, 7) is 4.93. The highest BCUT2D eigenvalue weighted by molar-refractivity contribution is 5.83. The third-order valence-electron chi connectivity index (χ3n) is 5.45. The summed E-state index contributed by atoms with van der Waals surface area (Å²) >= 11 is 0. The van der Waals surface area contributed by atoms with E-state index in [0.717, 1.165) is 37.9 Å². The highest BCUT2D eigenvalue weighted by Gasteiger charge is 2.30. The number of likely N-dealkylation sites (tertiary alicyclic amines) is 2. The molecule has 0 spiro atoms. The number of aromatic nitrogens is 1. The lowest BCUT2D eigenvalue weighted by atomic mass is 9.96. The quantitative estimate of drug-likeness (QED) is 0.689. The topological polar surface area (TPSA) is 95.8 Å². The van der Waals surface area contributed by atoms with Gasteiger partial charge in [-0.1, -0.05) is 18.5 Å². The van der Waals surface area contributed by atoms with Crippen molar-refractivity contribution in [3.8, 4) is 0 Å². The van der Waals surface area contributed by atoms with Gasteiger partial charge in [-0.05, 0) is 25.7 Å². The molecule has 0 aliphatic carbocycles. The number of aryl methyl sites for hydroxylation is 1. The number of nitrogens with one attached hydrogen (secondary N) is 1. The Balaban J connectivity index is 1.42. The van der Waals surface area contributed by atoms with Crippen LogP contribution in [0.25, 0.3) is 0 Å². The number of rotatable bonds is 9. The summed E-state index contributed by atoms with van der Waals surface area (Å²) in [6, 6.07) is 1.88. The zero-order valence-electron chi connectivity index (χ0n) is 16.6. The van der Waals surface area contributed by atoms with Crippen molar-refractivity contribution in [1.29, 1.82) is 0 Å². The van der Waals surface area contributed by atoms with E-state index in [9.17, 15) is 14.4 Å². The van der Waals surface area contributed by atoms with Crippen molar-refractivity contribution in [1.82, 2.24) is 20.3 Å². The van der Waals surface area contributed by atoms with Crippen LogP contribution in [0.3, 0.4) is 0 Å². The maximum atomic E-state index is 12.5. The van der Waals surface area contributed by atoms with Crippen LogP contribution < -0.4 is 5.32 Å². The Morgan fingerprint density at radius 3 is 2.79 bits per heavy atom. The van der Waals surface area contributed by atoms with E-state index in [4.69, 9.17) is 4.52 Å². The summed E-state index contributed by atoms with van der Waals surface area (Å²) in [5.74, 6) is 0.689. The van der Waals surface area contributed by atoms with Crippen molar-refractivity contribution in [2.24, 2.45) is 5.92 Å². The molecule has 1 atom stereocenters. The molecule has 3 rings (SSSR count). The van der Waals surface area contributed by atoms with Crippen molar-refractivity contribution in [3.05, 3.63) is 17.5 Å². The normalized spacial score (nSPS) is 20.1. The minimum Gasteiger partial charge on any atom is -0.359 e. The van der Waals surface area contributed by atoms with Gasteiger partial charge in [0.25, 0.3) is 0 Å². The Labute approximate surface area is 165 Å². The predicted octanol–water partition coefficient (Wildman–Crippen LogP) is 1.49. The minimum absolute atomic E-state index is 0.0549. The van der Waals surface area contributed by atoms with Crippen LogP contribution in [0.1, 0.15) is 56.9 Å². The van der Waals surface area contributed by atoms with Crippen molar-refractivity contribution in [2.45, 2.75) is 58.4 Å². The molecular formula is C20H30N4O4. The largest absolute Gasteiger partial charge is 0.359 e. The number of hydrogen-bond donors (Lipinski definition) is 1. The Morgan fingerprint density at radius 1 is 1.25 bits per heavy atom. The summed E-state index contributed by atoms with van der Waals surface area (Å²) < 4.78 is 5.24. The molecule has 0 aromatic carbocycles. The summed E-state index contributed by atoms with van der Waals surface area (Å²) in [5, 5.41) is 6.89. The van der Waals surface area contributed by atoms with Gasteiger partial charge in [0.2, 0.25) is 17.7 Å². The summed E-state index contributed by atoms with van der Waals surface area (Å²) in [6.07, 6.45) is 5.14. The average molecular weight is 390 g/mol. The molecule has 1 N–H and O–H groups in total. The summed E-state index contributed by atoms with van der Waals surface area (Å²) in [5.41, 5.74) is 0.901. The Bertz CT molecular complexity index is 702. The molecule has 2 fully saturated rings. The first-order chi connectivity index (χ1) is 13.6. The molecule has 1 aromatic heterocycles. The molecule has 1 unspecified atom stereocenters. The van der Waals surface area contributed by atoms with Gasteiger partial charge in [0, 0.05) is 45.1 Å². The molecule has 0 saturated carbocycles. The molecule has 28 heavy (non-hydrogen) atoms. The van der Waals surface area contributed by atoms with Crippen LogP contribution in [-0.2, 0) is 27.3 Å². The van der Waals surface area contributed by atoms with E-state index in [2.05, 4.69) is 17.4 Å². The van der Waals surface area contributed by atoms with Crippen LogP contribution in [0.2, 0.25) is 0 Å².